The maximum Gasteiger partial charge on any atom is 0.412 e. The molecule has 0 heterocycles. The molecule has 1 N–H and O–H groups in total. The normalized spacial score (nSPS) is 19.7. The van der Waals surface area contributed by atoms with Crippen LogP contribution in [-0.4, -0.2) is 43.8 Å². The van der Waals surface area contributed by atoms with Gasteiger partial charge in [-0.05, 0) is 51.9 Å². The molecule has 1 aromatic carbocycles. The summed E-state index contributed by atoms with van der Waals surface area (Å²) in [7, 11) is 4.10. The molecule has 0 aliphatic heterocycles. The Bertz CT molecular complexity index is 562. The molecule has 152 valence electrons. The number of carbonyl (C=O) groups excluding carboxylic acids is 1. The molecule has 1 saturated carbocycles. The van der Waals surface area contributed by atoms with Crippen molar-refractivity contribution in [1.29, 1.82) is 0 Å². The maximum atomic E-state index is 12.4. The minimum atomic E-state index is -0.396. The molecule has 2 atom stereocenters. The Kier molecular flexibility index (Phi) is 9.46. The molecule has 0 bridgehead atoms. The van der Waals surface area contributed by atoms with Crippen molar-refractivity contribution in [2.75, 3.05) is 26.0 Å². The van der Waals surface area contributed by atoms with Crippen molar-refractivity contribution in [3.05, 3.63) is 24.3 Å². The molecule has 0 aromatic heterocycles. The van der Waals surface area contributed by atoms with Crippen LogP contribution in [0.5, 0.6) is 5.75 Å². The summed E-state index contributed by atoms with van der Waals surface area (Å²) in [5.74, 6) is 0.706. The summed E-state index contributed by atoms with van der Waals surface area (Å²) in [5, 5.41) is 2.87. The summed E-state index contributed by atoms with van der Waals surface area (Å²) < 4.78 is 11.6. The maximum absolute atomic E-state index is 12.4. The Hall–Kier alpha value is -1.75. The SMILES string of the molecule is CCCCCCCOc1ccccc1NC(=O)O[C@@H]1CCCC[C@H]1N(C)C. The van der Waals surface area contributed by atoms with Crippen LogP contribution in [0.4, 0.5) is 10.5 Å². The highest BCUT2D eigenvalue weighted by Gasteiger charge is 2.30. The molecule has 0 spiro atoms. The quantitative estimate of drug-likeness (QED) is 0.551. The number of anilines is 1. The van der Waals surface area contributed by atoms with E-state index in [0.717, 1.165) is 25.7 Å². The standard InChI is InChI=1S/C22H36N2O3/c1-4-5-6-7-12-17-26-20-15-10-8-13-18(20)23-22(25)27-21-16-11-9-14-19(21)24(2)3/h8,10,13,15,19,21H,4-7,9,11-12,14,16-17H2,1-3H3,(H,23,25)/t19-,21-/m1/s1. The number of likely N-dealkylation sites (N-methyl/N-ethyl adjacent to an activating group) is 1. The van der Waals surface area contributed by atoms with Crippen LogP contribution in [0.3, 0.4) is 0 Å². The molecule has 1 aromatic rings. The second-order valence-electron chi connectivity index (χ2n) is 7.64. The number of hydrogen-bond acceptors (Lipinski definition) is 4. The number of benzene rings is 1. The first-order chi connectivity index (χ1) is 13.1. The summed E-state index contributed by atoms with van der Waals surface area (Å²) in [6.45, 7) is 2.88. The number of hydrogen-bond donors (Lipinski definition) is 1. The fourth-order valence-corrected chi connectivity index (χ4v) is 3.67. The highest BCUT2D eigenvalue weighted by molar-refractivity contribution is 5.86. The van der Waals surface area contributed by atoms with Gasteiger partial charge in [-0.25, -0.2) is 4.79 Å². The van der Waals surface area contributed by atoms with Gasteiger partial charge in [0.15, 0.2) is 0 Å². The first kappa shape index (κ1) is 21.5. The molecule has 27 heavy (non-hydrogen) atoms. The van der Waals surface area contributed by atoms with E-state index in [1.807, 2.05) is 38.4 Å². The Morgan fingerprint density at radius 2 is 1.85 bits per heavy atom. The van der Waals surface area contributed by atoms with Gasteiger partial charge in [-0.2, -0.15) is 0 Å². The van der Waals surface area contributed by atoms with E-state index in [1.165, 1.54) is 32.1 Å². The molecule has 0 unspecified atom stereocenters. The Balaban J connectivity index is 1.84. The van der Waals surface area contributed by atoms with Crippen LogP contribution in [0, 0.1) is 0 Å². The minimum Gasteiger partial charge on any atom is -0.491 e. The number of nitrogens with one attached hydrogen (secondary N) is 1. The van der Waals surface area contributed by atoms with Crippen LogP contribution in [-0.2, 0) is 4.74 Å². The van der Waals surface area contributed by atoms with Crippen molar-refractivity contribution in [3.8, 4) is 5.75 Å². The van der Waals surface area contributed by atoms with Crippen molar-refractivity contribution in [3.63, 3.8) is 0 Å². The largest absolute Gasteiger partial charge is 0.491 e. The molecule has 0 radical (unpaired) electrons. The van der Waals surface area contributed by atoms with Crippen LogP contribution < -0.4 is 10.1 Å². The molecule has 1 amide bonds. The molecule has 2 rings (SSSR count). The van der Waals surface area contributed by atoms with Crippen molar-refractivity contribution in [1.82, 2.24) is 4.90 Å². The zero-order chi connectivity index (χ0) is 19.5. The van der Waals surface area contributed by atoms with Crippen molar-refractivity contribution >= 4 is 11.8 Å². The molecule has 1 aliphatic carbocycles. The summed E-state index contributed by atoms with van der Waals surface area (Å²) in [6, 6.07) is 7.86. The number of para-hydroxylation sites is 2. The van der Waals surface area contributed by atoms with Crippen LogP contribution in [0.15, 0.2) is 24.3 Å². The predicted molar refractivity (Wildman–Crippen MR) is 111 cm³/mol. The fraction of sp³-hybridized carbons (Fsp3) is 0.682. The highest BCUT2D eigenvalue weighted by Crippen LogP contribution is 2.27. The second kappa shape index (κ2) is 11.9. The number of ether oxygens (including phenoxy) is 2. The van der Waals surface area contributed by atoms with E-state index < -0.39 is 6.09 Å². The molecule has 0 saturated heterocycles. The number of carbonyl (C=O) groups is 1. The summed E-state index contributed by atoms with van der Waals surface area (Å²) in [4.78, 5) is 14.6. The topological polar surface area (TPSA) is 50.8 Å². The van der Waals surface area contributed by atoms with E-state index in [4.69, 9.17) is 9.47 Å². The summed E-state index contributed by atoms with van der Waals surface area (Å²) >= 11 is 0. The summed E-state index contributed by atoms with van der Waals surface area (Å²) in [6.07, 6.45) is 9.83. The molecule has 5 nitrogen and oxygen atoms in total. The van der Waals surface area contributed by atoms with Crippen LogP contribution in [0.25, 0.3) is 0 Å². The van der Waals surface area contributed by atoms with Gasteiger partial charge in [-0.15, -0.1) is 0 Å². The zero-order valence-corrected chi connectivity index (χ0v) is 17.2. The van der Waals surface area contributed by atoms with Gasteiger partial charge in [0.2, 0.25) is 0 Å². The first-order valence-corrected chi connectivity index (χ1v) is 10.5. The van der Waals surface area contributed by atoms with E-state index in [1.54, 1.807) is 0 Å². The van der Waals surface area contributed by atoms with Gasteiger partial charge in [-0.3, -0.25) is 5.32 Å². The lowest BCUT2D eigenvalue weighted by molar-refractivity contribution is 0.0272. The van der Waals surface area contributed by atoms with Gasteiger partial charge in [0.05, 0.1) is 12.3 Å². The van der Waals surface area contributed by atoms with E-state index in [2.05, 4.69) is 17.1 Å². The lowest BCUT2D eigenvalue weighted by Crippen LogP contribution is -2.44. The van der Waals surface area contributed by atoms with Crippen LogP contribution in [0.2, 0.25) is 0 Å². The second-order valence-corrected chi connectivity index (χ2v) is 7.64. The predicted octanol–water partition coefficient (Wildman–Crippen LogP) is 5.46. The van der Waals surface area contributed by atoms with Crippen molar-refractivity contribution < 1.29 is 14.3 Å². The van der Waals surface area contributed by atoms with Gasteiger partial charge < -0.3 is 14.4 Å². The van der Waals surface area contributed by atoms with E-state index in [9.17, 15) is 4.79 Å². The minimum absolute atomic E-state index is 0.0552. The Morgan fingerprint density at radius 1 is 1.11 bits per heavy atom. The monoisotopic (exact) mass is 376 g/mol. The lowest BCUT2D eigenvalue weighted by Gasteiger charge is -2.35. The Labute approximate surface area is 164 Å². The third kappa shape index (κ3) is 7.41. The van der Waals surface area contributed by atoms with Gasteiger partial charge in [0.25, 0.3) is 0 Å². The van der Waals surface area contributed by atoms with Gasteiger partial charge in [0.1, 0.15) is 11.9 Å². The molecule has 1 aliphatic rings. The molecular formula is C22H36N2O3. The molecule has 1 fully saturated rings. The van der Waals surface area contributed by atoms with Crippen molar-refractivity contribution in [2.45, 2.75) is 76.9 Å². The van der Waals surface area contributed by atoms with Gasteiger partial charge in [-0.1, -0.05) is 51.2 Å². The summed E-state index contributed by atoms with van der Waals surface area (Å²) in [5.41, 5.74) is 0.674. The number of unbranched alkanes of at least 4 members (excludes halogenated alkanes) is 4. The van der Waals surface area contributed by atoms with Gasteiger partial charge >= 0.3 is 6.09 Å². The zero-order valence-electron chi connectivity index (χ0n) is 17.2. The smallest absolute Gasteiger partial charge is 0.412 e. The third-order valence-electron chi connectivity index (χ3n) is 5.22. The van der Waals surface area contributed by atoms with E-state index in [0.29, 0.717) is 24.1 Å². The number of amides is 1. The average Bonchev–Trinajstić information content (AvgIpc) is 2.66. The lowest BCUT2D eigenvalue weighted by atomic mass is 9.92. The number of nitrogens with zero attached hydrogens (tertiary/aromatic N) is 1. The molecule has 5 heteroatoms. The third-order valence-corrected chi connectivity index (χ3v) is 5.22. The fourth-order valence-electron chi connectivity index (χ4n) is 3.67. The highest BCUT2D eigenvalue weighted by atomic mass is 16.6. The number of rotatable bonds is 10. The van der Waals surface area contributed by atoms with Crippen LogP contribution in [0.1, 0.15) is 64.7 Å². The van der Waals surface area contributed by atoms with Gasteiger partial charge in [0, 0.05) is 6.04 Å². The van der Waals surface area contributed by atoms with E-state index in [-0.39, 0.29) is 6.10 Å². The first-order valence-electron chi connectivity index (χ1n) is 10.5. The van der Waals surface area contributed by atoms with Crippen molar-refractivity contribution in [2.24, 2.45) is 0 Å². The van der Waals surface area contributed by atoms with E-state index >= 15 is 0 Å². The Morgan fingerprint density at radius 3 is 2.63 bits per heavy atom. The van der Waals surface area contributed by atoms with Crippen LogP contribution >= 0.6 is 0 Å². The average molecular weight is 377 g/mol. The molecular weight excluding hydrogens is 340 g/mol.